The van der Waals surface area contributed by atoms with Gasteiger partial charge >= 0.3 is 0 Å². The van der Waals surface area contributed by atoms with Crippen molar-refractivity contribution < 1.29 is 42.9 Å². The molecule has 2 aliphatic rings. The molecule has 6 rings (SSSR count). The Morgan fingerprint density at radius 1 is 0.750 bits per heavy atom. The van der Waals surface area contributed by atoms with Gasteiger partial charge in [-0.1, -0.05) is 119 Å². The third-order valence-electron chi connectivity index (χ3n) is 9.01. The van der Waals surface area contributed by atoms with E-state index in [1.807, 2.05) is 43.4 Å². The van der Waals surface area contributed by atoms with Crippen LogP contribution in [0.4, 0.5) is 5.69 Å². The van der Waals surface area contributed by atoms with Gasteiger partial charge in [0.05, 0.1) is 35.2 Å². The third kappa shape index (κ3) is 14.9. The Morgan fingerprint density at radius 3 is 1.67 bits per heavy atom. The molecular formula is C41H52Cl2NO5PPdS-. The van der Waals surface area contributed by atoms with Gasteiger partial charge in [0.1, 0.15) is 11.5 Å². The number of rotatable bonds is 8. The SMILES string of the molecule is CNc1ccccc1-c1[c]cccc1.COc1cccc(OC)c1-c1ccccc1P(C1CCCCC1)C1CCCCC1.CS(=O)(=O)[O-].ClCCl.[Pd]. The summed E-state index contributed by atoms with van der Waals surface area (Å²) in [4.78, 5) is 0. The topological polar surface area (TPSA) is 87.7 Å². The van der Waals surface area contributed by atoms with E-state index in [-0.39, 0.29) is 33.7 Å². The van der Waals surface area contributed by atoms with Crippen molar-refractivity contribution in [1.82, 2.24) is 0 Å². The van der Waals surface area contributed by atoms with E-state index < -0.39 is 10.1 Å². The minimum absolute atomic E-state index is 0. The maximum absolute atomic E-state index is 9.08. The van der Waals surface area contributed by atoms with Crippen LogP contribution >= 0.6 is 31.1 Å². The summed E-state index contributed by atoms with van der Waals surface area (Å²) in [7, 11) is 1.37. The van der Waals surface area contributed by atoms with Gasteiger partial charge in [-0.25, -0.2) is 8.42 Å². The fraction of sp³-hybridized carbons (Fsp3) is 0.415. The molecule has 0 heterocycles. The van der Waals surface area contributed by atoms with Crippen molar-refractivity contribution in [1.29, 1.82) is 0 Å². The van der Waals surface area contributed by atoms with E-state index in [0.717, 1.165) is 39.6 Å². The average molecular weight is 879 g/mol. The molecule has 4 aromatic rings. The summed E-state index contributed by atoms with van der Waals surface area (Å²) < 4.78 is 38.8. The summed E-state index contributed by atoms with van der Waals surface area (Å²) >= 11 is 9.53. The van der Waals surface area contributed by atoms with Gasteiger partial charge in [0, 0.05) is 45.0 Å². The Kier molecular flexibility index (Phi) is 22.2. The molecule has 6 nitrogen and oxygen atoms in total. The Bertz CT molecular complexity index is 1640. The molecule has 2 fully saturated rings. The van der Waals surface area contributed by atoms with Crippen molar-refractivity contribution in [3.8, 4) is 33.8 Å². The second-order valence-corrected chi connectivity index (χ2v) is 17.4. The minimum atomic E-state index is -3.92. The van der Waals surface area contributed by atoms with Gasteiger partial charge in [-0.05, 0) is 77.7 Å². The maximum atomic E-state index is 9.08. The van der Waals surface area contributed by atoms with Crippen molar-refractivity contribution in [3.63, 3.8) is 0 Å². The van der Waals surface area contributed by atoms with Gasteiger partial charge in [-0.2, -0.15) is 0 Å². The van der Waals surface area contributed by atoms with E-state index in [1.165, 1.54) is 75.3 Å². The van der Waals surface area contributed by atoms with Crippen LogP contribution in [0, 0.1) is 6.07 Å². The molecule has 2 aliphatic carbocycles. The molecule has 0 aliphatic heterocycles. The number of benzene rings is 4. The molecule has 0 spiro atoms. The zero-order chi connectivity index (χ0) is 37.1. The third-order valence-corrected chi connectivity index (χ3v) is 12.6. The predicted octanol–water partition coefficient (Wildman–Crippen LogP) is 10.9. The van der Waals surface area contributed by atoms with Gasteiger partial charge in [0.15, 0.2) is 0 Å². The fourth-order valence-corrected chi connectivity index (χ4v) is 10.9. The molecule has 2 saturated carbocycles. The van der Waals surface area contributed by atoms with Crippen LogP contribution in [-0.4, -0.2) is 57.2 Å². The monoisotopic (exact) mass is 877 g/mol. The molecule has 0 aromatic heterocycles. The summed E-state index contributed by atoms with van der Waals surface area (Å²) in [6.07, 6.45) is 14.8. The van der Waals surface area contributed by atoms with Gasteiger partial charge in [0.2, 0.25) is 0 Å². The molecule has 0 bridgehead atoms. The van der Waals surface area contributed by atoms with E-state index >= 15 is 0 Å². The number of alkyl halides is 2. The Balaban J connectivity index is 0.000000338. The van der Waals surface area contributed by atoms with Gasteiger partial charge in [0.25, 0.3) is 0 Å². The van der Waals surface area contributed by atoms with Crippen LogP contribution in [-0.2, 0) is 30.5 Å². The smallest absolute Gasteiger partial charge is 0.130 e. The predicted molar refractivity (Wildman–Crippen MR) is 218 cm³/mol. The summed E-state index contributed by atoms with van der Waals surface area (Å²) in [6, 6.07) is 34.8. The normalized spacial score (nSPS) is 14.5. The number of halogens is 2. The molecule has 52 heavy (non-hydrogen) atoms. The van der Waals surface area contributed by atoms with Crippen LogP contribution in [0.15, 0.2) is 91.0 Å². The standard InChI is InChI=1S/C26H35O2P.C13H12N.CH2Cl2.CH4O3S.Pd/c1-27-23-17-11-18-24(28-2)26(23)22-16-9-10-19-25(22)29(20-12-5-3-6-13-20)21-14-7-4-8-15-21;1-14-13-10-6-5-9-12(13)11-7-3-2-4-8-11;2-1-3;1-5(2,3)4;/h9-11,16-21H,3-8,12-15H2,1-2H3;2-7,9-10,14H,1H3;1H2;1H3,(H,2,3,4);/p-1. The zero-order valence-corrected chi connectivity index (χ0v) is 35.3. The first-order chi connectivity index (χ1) is 24.7. The van der Waals surface area contributed by atoms with E-state index in [2.05, 4.69) is 66.0 Å². The Labute approximate surface area is 337 Å². The van der Waals surface area contributed by atoms with Crippen molar-refractivity contribution in [2.75, 3.05) is 38.2 Å². The van der Waals surface area contributed by atoms with Crippen LogP contribution < -0.4 is 20.1 Å². The van der Waals surface area contributed by atoms with Crippen LogP contribution in [0.25, 0.3) is 22.3 Å². The fourth-order valence-electron chi connectivity index (χ4n) is 6.93. The van der Waals surface area contributed by atoms with Crippen LogP contribution in [0.1, 0.15) is 64.2 Å². The quantitative estimate of drug-likeness (QED) is 0.0821. The second kappa shape index (κ2) is 25.0. The van der Waals surface area contributed by atoms with E-state index in [9.17, 15) is 0 Å². The molecule has 11 heteroatoms. The number of nitrogens with one attached hydrogen (secondary N) is 1. The molecule has 287 valence electrons. The number of para-hydroxylation sites is 1. The average Bonchev–Trinajstić information content (AvgIpc) is 3.16. The van der Waals surface area contributed by atoms with Crippen molar-refractivity contribution >= 4 is 52.2 Å². The number of hydrogen-bond acceptors (Lipinski definition) is 6. The first-order valence-electron chi connectivity index (χ1n) is 17.5. The van der Waals surface area contributed by atoms with E-state index in [0.29, 0.717) is 6.26 Å². The van der Waals surface area contributed by atoms with E-state index in [1.54, 1.807) is 19.5 Å². The molecule has 4 aromatic carbocycles. The van der Waals surface area contributed by atoms with Crippen molar-refractivity contribution in [2.24, 2.45) is 0 Å². The number of ether oxygens (including phenoxy) is 2. The molecule has 1 radical (unpaired) electrons. The Hall–Kier alpha value is -2.14. The molecule has 0 amide bonds. The van der Waals surface area contributed by atoms with Gasteiger partial charge in [-0.3, -0.25) is 0 Å². The molecule has 0 saturated heterocycles. The van der Waals surface area contributed by atoms with Crippen molar-refractivity contribution in [2.45, 2.75) is 75.5 Å². The summed E-state index contributed by atoms with van der Waals surface area (Å²) in [6.45, 7) is 0. The molecule has 1 N–H and O–H groups in total. The summed E-state index contributed by atoms with van der Waals surface area (Å²) in [5, 5.41) is 4.96. The molecule has 0 unspecified atom stereocenters. The Morgan fingerprint density at radius 2 is 1.21 bits per heavy atom. The molecule has 0 atom stereocenters. The number of methoxy groups -OCH3 is 2. The van der Waals surface area contributed by atoms with Crippen LogP contribution in [0.3, 0.4) is 0 Å². The largest absolute Gasteiger partial charge is 0.748 e. The minimum Gasteiger partial charge on any atom is -0.748 e. The van der Waals surface area contributed by atoms with Crippen molar-refractivity contribution in [3.05, 3.63) is 97.1 Å². The van der Waals surface area contributed by atoms with E-state index in [4.69, 9.17) is 45.6 Å². The summed E-state index contributed by atoms with van der Waals surface area (Å²) in [5.74, 6) is 1.83. The first kappa shape index (κ1) is 46.0. The molecular weight excluding hydrogens is 827 g/mol. The second-order valence-electron chi connectivity index (χ2n) is 12.4. The zero-order valence-electron chi connectivity index (χ0n) is 30.6. The maximum Gasteiger partial charge on any atom is 0.130 e. The van der Waals surface area contributed by atoms with Crippen LogP contribution in [0.2, 0.25) is 0 Å². The first-order valence-corrected chi connectivity index (χ1v) is 21.9. The van der Waals surface area contributed by atoms with Gasteiger partial charge in [-0.15, -0.1) is 23.2 Å². The number of hydrogen-bond donors (Lipinski definition) is 1. The van der Waals surface area contributed by atoms with Crippen LogP contribution in [0.5, 0.6) is 11.5 Å². The number of anilines is 1. The summed E-state index contributed by atoms with van der Waals surface area (Å²) in [5.41, 5.74) is 7.67. The van der Waals surface area contributed by atoms with Gasteiger partial charge < -0.3 is 19.3 Å².